The van der Waals surface area contributed by atoms with E-state index >= 15 is 0 Å². The molecule has 0 saturated carbocycles. The molecule has 0 radical (unpaired) electrons. The van der Waals surface area contributed by atoms with Crippen LogP contribution in [0.15, 0.2) is 53.0 Å². The molecule has 34 heavy (non-hydrogen) atoms. The van der Waals surface area contributed by atoms with Gasteiger partial charge >= 0.3 is 0 Å². The number of benzene rings is 2. The van der Waals surface area contributed by atoms with Crippen molar-refractivity contribution >= 4 is 43.5 Å². The number of halogens is 1. The lowest BCUT2D eigenvalue weighted by Gasteiger charge is -2.31. The number of rotatable bonds is 12. The van der Waals surface area contributed by atoms with Gasteiger partial charge in [-0.1, -0.05) is 60.5 Å². The normalized spacial score (nSPS) is 12.1. The number of anilines is 1. The quantitative estimate of drug-likeness (QED) is 0.402. The monoisotopic (exact) mass is 551 g/mol. The standard InChI is InChI=1S/C25H34BrN3O4S/c1-5-7-16-27-25(31)19(3)28(17-21-8-12-22(26)13-9-21)24(30)18-29(34(4,32)33)23-14-10-20(6-2)11-15-23/h8-15,19H,5-7,16-18H2,1-4H3,(H,27,31). The van der Waals surface area contributed by atoms with Crippen LogP contribution >= 0.6 is 15.9 Å². The summed E-state index contributed by atoms with van der Waals surface area (Å²) in [5.41, 5.74) is 2.32. The number of carbonyl (C=O) groups is 2. The van der Waals surface area contributed by atoms with Crippen molar-refractivity contribution in [1.29, 1.82) is 0 Å². The Hall–Kier alpha value is -2.39. The van der Waals surface area contributed by atoms with Crippen molar-refractivity contribution in [1.82, 2.24) is 10.2 Å². The molecule has 1 N–H and O–H groups in total. The summed E-state index contributed by atoms with van der Waals surface area (Å²) in [4.78, 5) is 27.7. The topological polar surface area (TPSA) is 86.8 Å². The Kier molecular flexibility index (Phi) is 10.6. The lowest BCUT2D eigenvalue weighted by Crippen LogP contribution is -2.51. The third-order valence-electron chi connectivity index (χ3n) is 5.57. The first-order chi connectivity index (χ1) is 16.1. The van der Waals surface area contributed by atoms with Gasteiger partial charge in [0.05, 0.1) is 11.9 Å². The highest BCUT2D eigenvalue weighted by Gasteiger charge is 2.30. The van der Waals surface area contributed by atoms with Gasteiger partial charge in [0.1, 0.15) is 12.6 Å². The molecule has 0 aliphatic rings. The number of amides is 2. The molecule has 0 bridgehead atoms. The summed E-state index contributed by atoms with van der Waals surface area (Å²) in [7, 11) is -3.73. The van der Waals surface area contributed by atoms with E-state index in [0.29, 0.717) is 12.2 Å². The Morgan fingerprint density at radius 3 is 2.12 bits per heavy atom. The predicted octanol–water partition coefficient (Wildman–Crippen LogP) is 4.11. The smallest absolute Gasteiger partial charge is 0.244 e. The van der Waals surface area contributed by atoms with Crippen molar-refractivity contribution in [2.24, 2.45) is 0 Å². The second kappa shape index (κ2) is 12.9. The van der Waals surface area contributed by atoms with E-state index in [2.05, 4.69) is 21.2 Å². The van der Waals surface area contributed by atoms with Crippen LogP contribution in [0.1, 0.15) is 44.7 Å². The highest BCUT2D eigenvalue weighted by atomic mass is 79.9. The molecule has 2 amide bonds. The van der Waals surface area contributed by atoms with Crippen LogP contribution in [0.3, 0.4) is 0 Å². The maximum atomic E-state index is 13.5. The molecule has 2 aromatic carbocycles. The van der Waals surface area contributed by atoms with E-state index in [1.54, 1.807) is 19.1 Å². The average Bonchev–Trinajstić information content (AvgIpc) is 2.81. The van der Waals surface area contributed by atoms with Gasteiger partial charge in [-0.05, 0) is 55.2 Å². The van der Waals surface area contributed by atoms with Crippen molar-refractivity contribution < 1.29 is 18.0 Å². The van der Waals surface area contributed by atoms with Crippen LogP contribution in [0.4, 0.5) is 5.69 Å². The Morgan fingerprint density at radius 1 is 1.00 bits per heavy atom. The molecule has 0 heterocycles. The van der Waals surface area contributed by atoms with Crippen LogP contribution in [-0.4, -0.2) is 50.5 Å². The number of hydrogen-bond acceptors (Lipinski definition) is 4. The summed E-state index contributed by atoms with van der Waals surface area (Å²) in [5, 5.41) is 2.87. The first-order valence-corrected chi connectivity index (χ1v) is 14.1. The molecule has 0 aliphatic carbocycles. The van der Waals surface area contributed by atoms with E-state index in [9.17, 15) is 18.0 Å². The lowest BCUT2D eigenvalue weighted by atomic mass is 10.1. The minimum absolute atomic E-state index is 0.181. The molecular formula is C25H34BrN3O4S. The van der Waals surface area contributed by atoms with Crippen LogP contribution in [0.2, 0.25) is 0 Å². The molecule has 0 aromatic heterocycles. The maximum absolute atomic E-state index is 13.5. The fourth-order valence-electron chi connectivity index (χ4n) is 3.42. The van der Waals surface area contributed by atoms with Crippen molar-refractivity contribution in [2.75, 3.05) is 23.7 Å². The van der Waals surface area contributed by atoms with Gasteiger partial charge in [0.2, 0.25) is 21.8 Å². The molecule has 0 spiro atoms. The number of carbonyl (C=O) groups excluding carboxylic acids is 2. The molecular weight excluding hydrogens is 518 g/mol. The summed E-state index contributed by atoms with van der Waals surface area (Å²) >= 11 is 3.40. The summed E-state index contributed by atoms with van der Waals surface area (Å²) in [6.07, 6.45) is 3.68. The maximum Gasteiger partial charge on any atom is 0.244 e. The van der Waals surface area contributed by atoms with Crippen molar-refractivity contribution in [3.8, 4) is 0 Å². The molecule has 1 unspecified atom stereocenters. The number of aryl methyl sites for hydroxylation is 1. The largest absolute Gasteiger partial charge is 0.354 e. The summed E-state index contributed by atoms with van der Waals surface area (Å²) < 4.78 is 27.2. The minimum Gasteiger partial charge on any atom is -0.354 e. The second-order valence-electron chi connectivity index (χ2n) is 8.26. The predicted molar refractivity (Wildman–Crippen MR) is 140 cm³/mol. The second-order valence-corrected chi connectivity index (χ2v) is 11.1. The molecule has 2 rings (SSSR count). The Labute approximate surface area is 211 Å². The van der Waals surface area contributed by atoms with Crippen molar-refractivity contribution in [2.45, 2.75) is 52.6 Å². The van der Waals surface area contributed by atoms with Crippen LogP contribution in [0, 0.1) is 0 Å². The first kappa shape index (κ1) is 27.9. The van der Waals surface area contributed by atoms with Gasteiger partial charge in [-0.2, -0.15) is 0 Å². The SMILES string of the molecule is CCCCNC(=O)C(C)N(Cc1ccc(Br)cc1)C(=O)CN(c1ccc(CC)cc1)S(C)(=O)=O. The van der Waals surface area contributed by atoms with E-state index in [-0.39, 0.29) is 12.5 Å². The zero-order valence-electron chi connectivity index (χ0n) is 20.3. The minimum atomic E-state index is -3.73. The molecule has 186 valence electrons. The van der Waals surface area contributed by atoms with Crippen LogP contribution in [-0.2, 0) is 32.6 Å². The molecule has 2 aromatic rings. The van der Waals surface area contributed by atoms with E-state index in [4.69, 9.17) is 0 Å². The van der Waals surface area contributed by atoms with Gasteiger partial charge in [0.15, 0.2) is 0 Å². The number of hydrogen-bond donors (Lipinski definition) is 1. The number of nitrogens with one attached hydrogen (secondary N) is 1. The first-order valence-electron chi connectivity index (χ1n) is 11.4. The van der Waals surface area contributed by atoms with Gasteiger partial charge in [0.25, 0.3) is 0 Å². The molecule has 0 fully saturated rings. The summed E-state index contributed by atoms with van der Waals surface area (Å²) in [6, 6.07) is 13.8. The molecule has 7 nitrogen and oxygen atoms in total. The number of nitrogens with zero attached hydrogens (tertiary/aromatic N) is 2. The Balaban J connectivity index is 2.32. The van der Waals surface area contributed by atoms with Gasteiger partial charge in [-0.15, -0.1) is 0 Å². The van der Waals surface area contributed by atoms with Gasteiger partial charge < -0.3 is 10.2 Å². The Bertz CT molecular complexity index is 1060. The van der Waals surface area contributed by atoms with Gasteiger partial charge in [-0.3, -0.25) is 13.9 Å². The zero-order chi connectivity index (χ0) is 25.3. The van der Waals surface area contributed by atoms with Gasteiger partial charge in [-0.25, -0.2) is 8.42 Å². The lowest BCUT2D eigenvalue weighted by molar-refractivity contribution is -0.139. The molecule has 9 heteroatoms. The van der Waals surface area contributed by atoms with Crippen molar-refractivity contribution in [3.05, 3.63) is 64.1 Å². The summed E-state index contributed by atoms with van der Waals surface area (Å²) in [5.74, 6) is -0.719. The highest BCUT2D eigenvalue weighted by molar-refractivity contribution is 9.10. The van der Waals surface area contributed by atoms with Gasteiger partial charge in [0, 0.05) is 17.6 Å². The fraction of sp³-hybridized carbons (Fsp3) is 0.440. The zero-order valence-corrected chi connectivity index (χ0v) is 22.7. The Morgan fingerprint density at radius 2 is 1.59 bits per heavy atom. The average molecular weight is 553 g/mol. The highest BCUT2D eigenvalue weighted by Crippen LogP contribution is 2.20. The molecule has 0 aliphatic heterocycles. The third kappa shape index (κ3) is 8.13. The fourth-order valence-corrected chi connectivity index (χ4v) is 4.53. The van der Waals surface area contributed by atoms with Crippen molar-refractivity contribution in [3.63, 3.8) is 0 Å². The van der Waals surface area contributed by atoms with Crippen LogP contribution in [0.5, 0.6) is 0 Å². The number of unbranched alkanes of at least 4 members (excludes halogenated alkanes) is 1. The van der Waals surface area contributed by atoms with Crippen LogP contribution < -0.4 is 9.62 Å². The van der Waals surface area contributed by atoms with E-state index in [1.807, 2.05) is 50.2 Å². The van der Waals surface area contributed by atoms with E-state index in [0.717, 1.165) is 45.4 Å². The van der Waals surface area contributed by atoms with E-state index in [1.165, 1.54) is 4.90 Å². The van der Waals surface area contributed by atoms with E-state index < -0.39 is 28.5 Å². The summed E-state index contributed by atoms with van der Waals surface area (Å²) in [6.45, 7) is 6.03. The molecule has 1 atom stereocenters. The number of sulfonamides is 1. The van der Waals surface area contributed by atoms with Crippen LogP contribution in [0.25, 0.3) is 0 Å². The third-order valence-corrected chi connectivity index (χ3v) is 7.24. The molecule has 0 saturated heterocycles.